The Morgan fingerprint density at radius 2 is 2.15 bits per heavy atom. The van der Waals surface area contributed by atoms with Crippen molar-refractivity contribution < 1.29 is 0 Å². The molecule has 72 valence electrons. The second-order valence-electron chi connectivity index (χ2n) is 3.56. The molecule has 2 atom stereocenters. The van der Waals surface area contributed by atoms with E-state index in [2.05, 4.69) is 27.4 Å². The lowest BCUT2D eigenvalue weighted by atomic mass is 9.85. The van der Waals surface area contributed by atoms with Crippen molar-refractivity contribution in [2.45, 2.75) is 36.4 Å². The van der Waals surface area contributed by atoms with Gasteiger partial charge < -0.3 is 0 Å². The molecule has 0 N–H and O–H groups in total. The van der Waals surface area contributed by atoms with E-state index in [9.17, 15) is 0 Å². The lowest BCUT2D eigenvalue weighted by Crippen LogP contribution is -2.16. The second kappa shape index (κ2) is 4.33. The van der Waals surface area contributed by atoms with Crippen LogP contribution in [0.5, 0.6) is 0 Å². The van der Waals surface area contributed by atoms with E-state index >= 15 is 0 Å². The monoisotopic (exact) mass is 278 g/mol. The highest BCUT2D eigenvalue weighted by atomic mass is 79.9. The van der Waals surface area contributed by atoms with Gasteiger partial charge in [0.05, 0.1) is 4.34 Å². The molecule has 3 heteroatoms. The van der Waals surface area contributed by atoms with E-state index in [-0.39, 0.29) is 0 Å². The topological polar surface area (TPSA) is 0 Å². The van der Waals surface area contributed by atoms with E-state index in [1.165, 1.54) is 31.2 Å². The van der Waals surface area contributed by atoms with Gasteiger partial charge in [-0.25, -0.2) is 0 Å². The summed E-state index contributed by atoms with van der Waals surface area (Å²) < 4.78 is 0.983. The maximum atomic E-state index is 6.14. The molecule has 0 bridgehead atoms. The van der Waals surface area contributed by atoms with Gasteiger partial charge in [-0.15, -0.1) is 11.3 Å². The molecule has 0 aliphatic heterocycles. The van der Waals surface area contributed by atoms with Gasteiger partial charge in [-0.2, -0.15) is 0 Å². The predicted octanol–water partition coefficient (Wildman–Crippen LogP) is 4.82. The van der Waals surface area contributed by atoms with Crippen LogP contribution in [0.25, 0.3) is 0 Å². The van der Waals surface area contributed by atoms with Crippen LogP contribution in [0.2, 0.25) is 4.34 Å². The average Bonchev–Trinajstić information content (AvgIpc) is 2.52. The maximum Gasteiger partial charge on any atom is 0.0963 e. The molecule has 1 aromatic heterocycles. The quantitative estimate of drug-likeness (QED) is 0.646. The summed E-state index contributed by atoms with van der Waals surface area (Å²) in [5.41, 5.74) is 1.35. The summed E-state index contributed by atoms with van der Waals surface area (Å²) in [5, 5.41) is 2.09. The molecule has 0 nitrogen and oxygen atoms in total. The van der Waals surface area contributed by atoms with Crippen LogP contribution in [0.1, 0.15) is 37.2 Å². The van der Waals surface area contributed by atoms with Crippen molar-refractivity contribution in [1.82, 2.24) is 0 Å². The largest absolute Gasteiger partial charge is 0.132 e. The highest BCUT2D eigenvalue weighted by Crippen LogP contribution is 2.41. The summed E-state index contributed by atoms with van der Waals surface area (Å²) in [5.74, 6) is 0.646. The second-order valence-corrected chi connectivity index (χ2v) is 6.25. The fourth-order valence-corrected chi connectivity index (χ4v) is 3.93. The first-order valence-corrected chi connectivity index (χ1v) is 6.83. The third-order valence-electron chi connectivity index (χ3n) is 2.73. The number of thiophene rings is 1. The Morgan fingerprint density at radius 1 is 1.38 bits per heavy atom. The van der Waals surface area contributed by atoms with Crippen LogP contribution in [0.15, 0.2) is 11.4 Å². The number of hydrogen-bond donors (Lipinski definition) is 0. The fraction of sp³-hybridized carbons (Fsp3) is 0.600. The molecule has 0 radical (unpaired) electrons. The van der Waals surface area contributed by atoms with Gasteiger partial charge in [-0.05, 0) is 35.8 Å². The van der Waals surface area contributed by atoms with Crippen LogP contribution in [0, 0.1) is 0 Å². The van der Waals surface area contributed by atoms with Crippen molar-refractivity contribution in [2.24, 2.45) is 0 Å². The molecular formula is C10H12BrClS. The van der Waals surface area contributed by atoms with Gasteiger partial charge in [-0.1, -0.05) is 40.4 Å². The van der Waals surface area contributed by atoms with Gasteiger partial charge >= 0.3 is 0 Å². The third-order valence-corrected chi connectivity index (χ3v) is 5.02. The first-order chi connectivity index (χ1) is 6.29. The zero-order valence-electron chi connectivity index (χ0n) is 7.30. The maximum absolute atomic E-state index is 6.14. The van der Waals surface area contributed by atoms with Crippen LogP contribution in [0.3, 0.4) is 0 Å². The average molecular weight is 280 g/mol. The molecule has 0 amide bonds. The van der Waals surface area contributed by atoms with Gasteiger partial charge in [0.2, 0.25) is 0 Å². The summed E-state index contributed by atoms with van der Waals surface area (Å²) >= 11 is 11.5. The predicted molar refractivity (Wildman–Crippen MR) is 63.3 cm³/mol. The Morgan fingerprint density at radius 3 is 2.77 bits per heavy atom. The van der Waals surface area contributed by atoms with E-state index in [0.717, 1.165) is 4.34 Å². The molecule has 0 aromatic carbocycles. The van der Waals surface area contributed by atoms with Gasteiger partial charge in [0.15, 0.2) is 0 Å². The van der Waals surface area contributed by atoms with Crippen molar-refractivity contribution >= 4 is 38.9 Å². The molecule has 0 spiro atoms. The molecule has 1 saturated carbocycles. The van der Waals surface area contributed by atoms with E-state index < -0.39 is 0 Å². The highest BCUT2D eigenvalue weighted by Gasteiger charge is 2.26. The first kappa shape index (κ1) is 10.0. The molecule has 2 rings (SSSR count). The van der Waals surface area contributed by atoms with Crippen LogP contribution < -0.4 is 0 Å². The molecule has 13 heavy (non-hydrogen) atoms. The highest BCUT2D eigenvalue weighted by molar-refractivity contribution is 9.09. The van der Waals surface area contributed by atoms with Crippen molar-refractivity contribution in [1.29, 1.82) is 0 Å². The zero-order chi connectivity index (χ0) is 9.26. The van der Waals surface area contributed by atoms with Crippen LogP contribution in [-0.4, -0.2) is 4.83 Å². The molecular weight excluding hydrogens is 268 g/mol. The van der Waals surface area contributed by atoms with Crippen LogP contribution >= 0.6 is 38.9 Å². The standard InChI is InChI=1S/C10H12BrClS/c11-9-4-2-1-3-7(9)8-5-6-13-10(8)12/h5-7,9H,1-4H2. The van der Waals surface area contributed by atoms with Gasteiger partial charge in [0.1, 0.15) is 0 Å². The van der Waals surface area contributed by atoms with Gasteiger partial charge in [0, 0.05) is 4.83 Å². The van der Waals surface area contributed by atoms with Crippen LogP contribution in [0.4, 0.5) is 0 Å². The lowest BCUT2D eigenvalue weighted by molar-refractivity contribution is 0.462. The van der Waals surface area contributed by atoms with Crippen molar-refractivity contribution in [3.8, 4) is 0 Å². The Kier molecular flexibility index (Phi) is 3.33. The lowest BCUT2D eigenvalue weighted by Gasteiger charge is -2.27. The van der Waals surface area contributed by atoms with Gasteiger partial charge in [0.25, 0.3) is 0 Å². The number of hydrogen-bond acceptors (Lipinski definition) is 1. The summed E-state index contributed by atoms with van der Waals surface area (Å²) in [6, 6.07) is 2.18. The Bertz CT molecular complexity index is 284. The Hall–Kier alpha value is 0.470. The summed E-state index contributed by atoms with van der Waals surface area (Å²) in [6.45, 7) is 0. The minimum absolute atomic E-state index is 0.633. The molecule has 1 aliphatic carbocycles. The number of halogens is 2. The molecule has 1 aromatic rings. The fourth-order valence-electron chi connectivity index (χ4n) is 2.01. The molecule has 0 saturated heterocycles. The minimum atomic E-state index is 0.633. The summed E-state index contributed by atoms with van der Waals surface area (Å²) in [6.07, 6.45) is 5.27. The van der Waals surface area contributed by atoms with Gasteiger partial charge in [-0.3, -0.25) is 0 Å². The SMILES string of the molecule is Clc1sccc1C1CCCCC1Br. The third kappa shape index (κ3) is 2.11. The Balaban J connectivity index is 2.19. The molecule has 1 fully saturated rings. The summed E-state index contributed by atoms with van der Waals surface area (Å²) in [4.78, 5) is 0.633. The van der Waals surface area contributed by atoms with E-state index in [1.807, 2.05) is 0 Å². The van der Waals surface area contributed by atoms with Crippen molar-refractivity contribution in [3.05, 3.63) is 21.3 Å². The van der Waals surface area contributed by atoms with Crippen molar-refractivity contribution in [2.75, 3.05) is 0 Å². The van der Waals surface area contributed by atoms with Crippen molar-refractivity contribution in [3.63, 3.8) is 0 Å². The Labute approximate surface area is 96.4 Å². The number of rotatable bonds is 1. The molecule has 2 unspecified atom stereocenters. The normalized spacial score (nSPS) is 29.1. The zero-order valence-corrected chi connectivity index (χ0v) is 10.5. The first-order valence-electron chi connectivity index (χ1n) is 4.66. The molecule has 1 aliphatic rings. The summed E-state index contributed by atoms with van der Waals surface area (Å²) in [7, 11) is 0. The minimum Gasteiger partial charge on any atom is -0.132 e. The van der Waals surface area contributed by atoms with E-state index in [4.69, 9.17) is 11.6 Å². The smallest absolute Gasteiger partial charge is 0.0963 e. The van der Waals surface area contributed by atoms with E-state index in [1.54, 1.807) is 11.3 Å². The number of alkyl halides is 1. The van der Waals surface area contributed by atoms with E-state index in [0.29, 0.717) is 10.7 Å². The molecule has 1 heterocycles. The van der Waals surface area contributed by atoms with Crippen LogP contribution in [-0.2, 0) is 0 Å².